The maximum Gasteiger partial charge on any atom is 0.337 e. The molecule has 0 bridgehead atoms. The molecule has 8 nitrogen and oxygen atoms in total. The van der Waals surface area contributed by atoms with Crippen LogP contribution in [0.15, 0.2) is 51.0 Å². The molecule has 0 saturated heterocycles. The highest BCUT2D eigenvalue weighted by Gasteiger charge is 2.28. The molecule has 0 radical (unpaired) electrons. The quantitative estimate of drug-likeness (QED) is 0.257. The minimum absolute atomic E-state index is 0.0408. The van der Waals surface area contributed by atoms with Gasteiger partial charge in [0.25, 0.3) is 5.56 Å². The molecule has 3 aromatic rings. The van der Waals surface area contributed by atoms with Crippen LogP contribution in [0.3, 0.4) is 0 Å². The first-order valence-electron chi connectivity index (χ1n) is 12.0. The van der Waals surface area contributed by atoms with Gasteiger partial charge in [-0.25, -0.2) is 9.78 Å². The number of rotatable bonds is 8. The van der Waals surface area contributed by atoms with Crippen molar-refractivity contribution in [3.63, 3.8) is 0 Å². The zero-order valence-corrected chi connectivity index (χ0v) is 21.2. The second-order valence-corrected chi connectivity index (χ2v) is 10.0. The molecule has 186 valence electrons. The molecule has 0 aliphatic heterocycles. The largest absolute Gasteiger partial charge is 0.467 e. The summed E-state index contributed by atoms with van der Waals surface area (Å²) in [6.07, 6.45) is 7.12. The maximum absolute atomic E-state index is 13.4. The van der Waals surface area contributed by atoms with Crippen LogP contribution < -0.4 is 5.56 Å². The van der Waals surface area contributed by atoms with E-state index in [1.807, 2.05) is 18.7 Å². The lowest BCUT2D eigenvalue weighted by Gasteiger charge is -2.37. The summed E-state index contributed by atoms with van der Waals surface area (Å²) in [5.41, 5.74) is 0.438. The van der Waals surface area contributed by atoms with E-state index in [-0.39, 0.29) is 35.8 Å². The average molecular weight is 498 g/mol. The Morgan fingerprint density at radius 3 is 2.66 bits per heavy atom. The molecule has 1 saturated carbocycles. The number of benzene rings is 1. The van der Waals surface area contributed by atoms with E-state index in [0.29, 0.717) is 27.4 Å². The number of esters is 1. The Labute approximate surface area is 208 Å². The van der Waals surface area contributed by atoms with Crippen LogP contribution in [0, 0.1) is 0 Å². The zero-order chi connectivity index (χ0) is 24.9. The fourth-order valence-corrected chi connectivity index (χ4v) is 5.59. The molecule has 1 aliphatic rings. The smallest absolute Gasteiger partial charge is 0.337 e. The number of aromatic nitrogens is 2. The number of thioether (sulfide) groups is 1. The third-order valence-corrected chi connectivity index (χ3v) is 7.33. The van der Waals surface area contributed by atoms with Crippen molar-refractivity contribution in [1.29, 1.82) is 0 Å². The Morgan fingerprint density at radius 1 is 1.23 bits per heavy atom. The fourth-order valence-electron chi connectivity index (χ4n) is 4.73. The van der Waals surface area contributed by atoms with E-state index in [1.165, 1.54) is 29.9 Å². The first-order chi connectivity index (χ1) is 16.9. The van der Waals surface area contributed by atoms with E-state index in [1.54, 1.807) is 36.6 Å². The van der Waals surface area contributed by atoms with Crippen LogP contribution in [-0.2, 0) is 16.1 Å². The van der Waals surface area contributed by atoms with Crippen LogP contribution in [0.2, 0.25) is 0 Å². The highest BCUT2D eigenvalue weighted by atomic mass is 32.2. The summed E-state index contributed by atoms with van der Waals surface area (Å²) >= 11 is 1.24. The second-order valence-electron chi connectivity index (χ2n) is 9.06. The van der Waals surface area contributed by atoms with Gasteiger partial charge in [0.1, 0.15) is 5.76 Å². The van der Waals surface area contributed by atoms with E-state index in [4.69, 9.17) is 9.15 Å². The number of fused-ring (bicyclic) bond motifs is 1. The molecule has 4 rings (SSSR count). The molecule has 2 heterocycles. The van der Waals surface area contributed by atoms with Gasteiger partial charge >= 0.3 is 5.97 Å². The SMILES string of the molecule is COC(=O)c1ccc2c(=O)n(Cc3ccco3)c(SCC(=O)N(C(C)C)C3CCCCC3)nc2c1. The molecular weight excluding hydrogens is 466 g/mol. The van der Waals surface area contributed by atoms with Gasteiger partial charge in [-0.2, -0.15) is 0 Å². The summed E-state index contributed by atoms with van der Waals surface area (Å²) in [7, 11) is 1.31. The summed E-state index contributed by atoms with van der Waals surface area (Å²) in [5, 5.41) is 0.785. The fraction of sp³-hybridized carbons (Fsp3) is 0.462. The molecule has 0 spiro atoms. The third-order valence-electron chi connectivity index (χ3n) is 6.37. The van der Waals surface area contributed by atoms with E-state index in [2.05, 4.69) is 4.98 Å². The van der Waals surface area contributed by atoms with E-state index < -0.39 is 5.97 Å². The molecule has 1 fully saturated rings. The topological polar surface area (TPSA) is 94.6 Å². The summed E-state index contributed by atoms with van der Waals surface area (Å²) < 4.78 is 11.8. The Balaban J connectivity index is 1.67. The van der Waals surface area contributed by atoms with Crippen molar-refractivity contribution < 1.29 is 18.7 Å². The second kappa shape index (κ2) is 11.1. The van der Waals surface area contributed by atoms with Crippen LogP contribution in [-0.4, -0.2) is 51.3 Å². The van der Waals surface area contributed by atoms with Crippen LogP contribution in [0.25, 0.3) is 10.9 Å². The normalized spacial score (nSPS) is 14.4. The Kier molecular flexibility index (Phi) is 7.95. The van der Waals surface area contributed by atoms with Crippen molar-refractivity contribution in [2.75, 3.05) is 12.9 Å². The predicted molar refractivity (Wildman–Crippen MR) is 135 cm³/mol. The minimum atomic E-state index is -0.502. The van der Waals surface area contributed by atoms with Gasteiger partial charge in [0.05, 0.1) is 42.1 Å². The van der Waals surface area contributed by atoms with E-state index in [0.717, 1.165) is 25.7 Å². The van der Waals surface area contributed by atoms with Crippen molar-refractivity contribution in [3.8, 4) is 0 Å². The van der Waals surface area contributed by atoms with Crippen molar-refractivity contribution >= 4 is 34.5 Å². The van der Waals surface area contributed by atoms with Crippen molar-refractivity contribution in [2.24, 2.45) is 0 Å². The number of furan rings is 1. The van der Waals surface area contributed by atoms with Gasteiger partial charge in [0, 0.05) is 12.1 Å². The molecule has 1 amide bonds. The van der Waals surface area contributed by atoms with E-state index in [9.17, 15) is 14.4 Å². The standard InChI is InChI=1S/C26H31N3O5S/c1-17(2)29(19-8-5-4-6-9-19)23(30)16-35-26-27-22-14-18(25(32)33-3)11-12-21(22)24(31)28(26)15-20-10-7-13-34-20/h7,10-14,17,19H,4-6,8-9,15-16H2,1-3H3. The molecule has 0 atom stereocenters. The molecule has 1 aromatic carbocycles. The maximum atomic E-state index is 13.4. The highest BCUT2D eigenvalue weighted by molar-refractivity contribution is 7.99. The Morgan fingerprint density at radius 2 is 2.00 bits per heavy atom. The number of methoxy groups -OCH3 is 1. The van der Waals surface area contributed by atoms with Gasteiger partial charge in [0.15, 0.2) is 5.16 Å². The summed E-state index contributed by atoms with van der Waals surface area (Å²) in [6.45, 7) is 4.29. The number of hydrogen-bond acceptors (Lipinski definition) is 7. The van der Waals surface area contributed by atoms with Gasteiger partial charge in [-0.15, -0.1) is 0 Å². The van der Waals surface area contributed by atoms with Gasteiger partial charge in [-0.1, -0.05) is 31.0 Å². The number of carbonyl (C=O) groups is 2. The van der Waals surface area contributed by atoms with E-state index >= 15 is 0 Å². The Hall–Kier alpha value is -3.07. The lowest BCUT2D eigenvalue weighted by Crippen LogP contribution is -2.46. The van der Waals surface area contributed by atoms with Crippen molar-refractivity contribution in [1.82, 2.24) is 14.5 Å². The minimum Gasteiger partial charge on any atom is -0.467 e. The molecular formula is C26H31N3O5S. The van der Waals surface area contributed by atoms with Crippen LogP contribution in [0.4, 0.5) is 0 Å². The molecule has 0 unspecified atom stereocenters. The van der Waals surface area contributed by atoms with Crippen molar-refractivity contribution in [3.05, 3.63) is 58.3 Å². The van der Waals surface area contributed by atoms with Gasteiger partial charge in [0.2, 0.25) is 5.91 Å². The molecule has 0 N–H and O–H groups in total. The number of amides is 1. The van der Waals surface area contributed by atoms with Gasteiger partial charge in [-0.3, -0.25) is 14.2 Å². The lowest BCUT2D eigenvalue weighted by atomic mass is 9.93. The number of ether oxygens (including phenoxy) is 1. The first kappa shape index (κ1) is 25.0. The number of nitrogens with zero attached hydrogens (tertiary/aromatic N) is 3. The van der Waals surface area contributed by atoms with Crippen molar-refractivity contribution in [2.45, 2.75) is 69.7 Å². The highest BCUT2D eigenvalue weighted by Crippen LogP contribution is 2.26. The molecule has 2 aromatic heterocycles. The first-order valence-corrected chi connectivity index (χ1v) is 13.0. The Bertz CT molecular complexity index is 1250. The predicted octanol–water partition coefficient (Wildman–Crippen LogP) is 4.49. The monoisotopic (exact) mass is 497 g/mol. The third kappa shape index (κ3) is 5.61. The number of carbonyl (C=O) groups excluding carboxylic acids is 2. The van der Waals surface area contributed by atoms with Gasteiger partial charge in [-0.05, 0) is 57.0 Å². The van der Waals surface area contributed by atoms with Crippen LogP contribution in [0.1, 0.15) is 62.1 Å². The summed E-state index contributed by atoms with van der Waals surface area (Å²) in [5.74, 6) is 0.317. The summed E-state index contributed by atoms with van der Waals surface area (Å²) in [6, 6.07) is 8.60. The zero-order valence-electron chi connectivity index (χ0n) is 20.4. The van der Waals surface area contributed by atoms with Crippen LogP contribution in [0.5, 0.6) is 0 Å². The molecule has 1 aliphatic carbocycles. The molecule has 9 heteroatoms. The average Bonchev–Trinajstić information content (AvgIpc) is 3.37. The lowest BCUT2D eigenvalue weighted by molar-refractivity contribution is -0.133. The molecule has 35 heavy (non-hydrogen) atoms. The van der Waals surface area contributed by atoms with Gasteiger partial charge < -0.3 is 14.1 Å². The summed E-state index contributed by atoms with van der Waals surface area (Å²) in [4.78, 5) is 45.4. The number of hydrogen-bond donors (Lipinski definition) is 0. The van der Waals surface area contributed by atoms with Crippen LogP contribution >= 0.6 is 11.8 Å².